The van der Waals surface area contributed by atoms with Crippen molar-refractivity contribution in [3.8, 4) is 0 Å². The normalized spacial score (nSPS) is 7.75. The summed E-state index contributed by atoms with van der Waals surface area (Å²) in [7, 11) is -11.4. The Balaban J connectivity index is -0.0000000152. The summed E-state index contributed by atoms with van der Waals surface area (Å²) in [5, 5.41) is 0. The van der Waals surface area contributed by atoms with Crippen LogP contribution in [-0.4, -0.2) is 0 Å². The van der Waals surface area contributed by atoms with Gasteiger partial charge in [0.1, 0.15) is 0 Å². The van der Waals surface area contributed by atoms with E-state index in [9.17, 15) is 28.7 Å². The quantitative estimate of drug-likeness (QED) is 0.362. The zero-order valence-corrected chi connectivity index (χ0v) is 23.9. The first kappa shape index (κ1) is 49.5. The molecule has 16 heteroatoms. The molecular weight excluding hydrogens is 331 g/mol. The van der Waals surface area contributed by atoms with E-state index < -0.39 is 15.6 Å². The molecule has 0 N–H and O–H groups in total. The van der Waals surface area contributed by atoms with Crippen molar-refractivity contribution in [3.05, 3.63) is 0 Å². The minimum absolute atomic E-state index is 0. The Morgan fingerprint density at radius 2 is 0.750 bits per heavy atom. The Morgan fingerprint density at radius 3 is 0.750 bits per heavy atom. The second kappa shape index (κ2) is 23.5. The van der Waals surface area contributed by atoms with Crippen LogP contribution in [0.4, 0.5) is 0 Å². The molecule has 0 aliphatic carbocycles. The fourth-order valence-electron chi connectivity index (χ4n) is 0.122. The van der Waals surface area contributed by atoms with Crippen molar-refractivity contribution in [2.24, 2.45) is 0 Å². The Labute approximate surface area is 225 Å². The Kier molecular flexibility index (Phi) is 72.5. The van der Waals surface area contributed by atoms with Crippen LogP contribution in [0.3, 0.4) is 0 Å². The minimum atomic E-state index is -5.68. The maximum atomic E-state index is 9.32. The van der Waals surface area contributed by atoms with Gasteiger partial charge in [0.2, 0.25) is 0 Å². The number of rotatable bonds is 2. The molecule has 0 atom stereocenters. The van der Waals surface area contributed by atoms with Crippen molar-refractivity contribution in [2.45, 2.75) is 0 Å². The first-order valence-corrected chi connectivity index (χ1v) is 4.38. The number of halogens is 1. The van der Waals surface area contributed by atoms with Gasteiger partial charge < -0.3 is 37.7 Å². The van der Waals surface area contributed by atoms with Gasteiger partial charge in [0, 0.05) is 0 Å². The first-order chi connectivity index (χ1) is 3.71. The summed E-state index contributed by atoms with van der Waals surface area (Å²) in [6, 6.07) is 0. The van der Waals surface area contributed by atoms with E-state index in [0.29, 0.717) is 0 Å². The van der Waals surface area contributed by atoms with Crippen LogP contribution < -0.4 is 202 Å². The molecule has 0 spiro atoms. The summed E-state index contributed by atoms with van der Waals surface area (Å²) in [6.45, 7) is 0. The molecule has 16 heavy (non-hydrogen) atoms. The van der Waals surface area contributed by atoms with Crippen LogP contribution in [0.15, 0.2) is 0 Å². The van der Waals surface area contributed by atoms with E-state index in [1.54, 1.807) is 0 Å². The molecular formula is FNa6O7P2+. The number of phosphoric acid groups is 2. The molecule has 0 saturated heterocycles. The first-order valence-electron chi connectivity index (χ1n) is 1.46. The molecule has 0 fully saturated rings. The van der Waals surface area contributed by atoms with E-state index in [1.165, 1.54) is 0 Å². The van der Waals surface area contributed by atoms with Crippen LogP contribution in [0.25, 0.3) is 0 Å². The van der Waals surface area contributed by atoms with Crippen molar-refractivity contribution in [2.75, 3.05) is 0 Å². The van der Waals surface area contributed by atoms with Crippen LogP contribution in [-0.2, 0) is 13.4 Å². The Morgan fingerprint density at radius 1 is 0.625 bits per heavy atom. The molecule has 0 aromatic heterocycles. The molecule has 0 saturated carbocycles. The van der Waals surface area contributed by atoms with Gasteiger partial charge in [-0.2, -0.15) is 0 Å². The van der Waals surface area contributed by atoms with E-state index in [-0.39, 0.29) is 182 Å². The Hall–Kier alpha value is 6.19. The smallest absolute Gasteiger partial charge is 1.00 e. The van der Waals surface area contributed by atoms with Crippen molar-refractivity contribution < 1.29 is 215 Å². The monoisotopic (exact) mass is 331 g/mol. The fraction of sp³-hybridized carbons (Fsp3) is 0. The standard InChI is InChI=1S/FH.6Na.H4O7P2/c;;;;;;;1-8(2,3)7-9(4,5)6/h1H;;;;;;;(H2,1,2,3)(H2,4,5,6)/q;6*+1;/p-5. The third-order valence-corrected chi connectivity index (χ3v) is 1.80. The minimum Gasteiger partial charge on any atom is -1.00 e. The summed E-state index contributed by atoms with van der Waals surface area (Å²) < 4.78 is 21.2. The van der Waals surface area contributed by atoms with Gasteiger partial charge in [-0.05, 0) is 0 Å². The third kappa shape index (κ3) is 50.0. The van der Waals surface area contributed by atoms with Crippen LogP contribution in [0.2, 0.25) is 0 Å². The summed E-state index contributed by atoms with van der Waals surface area (Å²) in [4.78, 5) is 37.3. The second-order valence-corrected chi connectivity index (χ2v) is 3.42. The topological polar surface area (TPSA) is 136 Å². The SMILES string of the molecule is O=P([O-])([O-])OP(=O)([O-])[O-].[F-].[Na+].[Na+].[Na+].[Na+].[Na+].[Na+]. The fourth-order valence-corrected chi connectivity index (χ4v) is 1.10. The van der Waals surface area contributed by atoms with Gasteiger partial charge in [-0.3, -0.25) is 0 Å². The zero-order valence-electron chi connectivity index (χ0n) is 10.1. The van der Waals surface area contributed by atoms with E-state index in [4.69, 9.17) is 0 Å². The van der Waals surface area contributed by atoms with Crippen molar-refractivity contribution in [1.29, 1.82) is 0 Å². The van der Waals surface area contributed by atoms with Crippen LogP contribution in [0, 0.1) is 0 Å². The Bertz CT molecular complexity index is 167. The molecule has 0 rings (SSSR count). The van der Waals surface area contributed by atoms with Crippen molar-refractivity contribution in [1.82, 2.24) is 0 Å². The maximum Gasteiger partial charge on any atom is 1.00 e. The number of hydrogen-bond acceptors (Lipinski definition) is 7. The predicted octanol–water partition coefficient (Wildman–Crippen LogP) is -24.3. The molecule has 0 heterocycles. The van der Waals surface area contributed by atoms with Gasteiger partial charge in [-0.1, -0.05) is 0 Å². The van der Waals surface area contributed by atoms with Gasteiger partial charge in [0.25, 0.3) is 0 Å². The average Bonchev–Trinajstić information content (AvgIpc) is 1.14. The van der Waals surface area contributed by atoms with Crippen molar-refractivity contribution in [3.63, 3.8) is 0 Å². The predicted molar refractivity (Wildman–Crippen MR) is 16.3 cm³/mol. The largest absolute Gasteiger partial charge is 1.00 e. The van der Waals surface area contributed by atoms with Crippen molar-refractivity contribution >= 4 is 15.6 Å². The van der Waals surface area contributed by atoms with E-state index in [1.807, 2.05) is 0 Å². The average molecular weight is 331 g/mol. The second-order valence-electron chi connectivity index (χ2n) is 0.976. The molecule has 0 aliphatic rings. The van der Waals surface area contributed by atoms with Crippen LogP contribution in [0.5, 0.6) is 0 Å². The van der Waals surface area contributed by atoms with Crippen LogP contribution in [0.1, 0.15) is 0 Å². The van der Waals surface area contributed by atoms with Gasteiger partial charge in [-0.25, -0.2) is 0 Å². The zero-order chi connectivity index (χ0) is 7.71. The summed E-state index contributed by atoms with van der Waals surface area (Å²) in [5.74, 6) is 0. The van der Waals surface area contributed by atoms with E-state index in [0.717, 1.165) is 0 Å². The molecule has 0 aliphatic heterocycles. The van der Waals surface area contributed by atoms with E-state index >= 15 is 0 Å². The third-order valence-electron chi connectivity index (χ3n) is 0.200. The summed E-state index contributed by atoms with van der Waals surface area (Å²) in [6.07, 6.45) is 0. The molecule has 7 nitrogen and oxygen atoms in total. The molecule has 0 aromatic carbocycles. The van der Waals surface area contributed by atoms with Gasteiger partial charge in [0.15, 0.2) is 0 Å². The summed E-state index contributed by atoms with van der Waals surface area (Å²) in [5.41, 5.74) is 0. The number of hydrogen-bond donors (Lipinski definition) is 0. The van der Waals surface area contributed by atoms with E-state index in [2.05, 4.69) is 4.31 Å². The molecule has 0 radical (unpaired) electrons. The summed E-state index contributed by atoms with van der Waals surface area (Å²) >= 11 is 0. The molecule has 64 valence electrons. The molecule has 0 bridgehead atoms. The van der Waals surface area contributed by atoms with Gasteiger partial charge in [0.05, 0.1) is 15.6 Å². The molecule has 0 unspecified atom stereocenters. The maximum absolute atomic E-state index is 9.32. The van der Waals surface area contributed by atoms with Crippen LogP contribution >= 0.6 is 15.6 Å². The molecule has 0 aromatic rings. The van der Waals surface area contributed by atoms with Gasteiger partial charge >= 0.3 is 177 Å². The van der Waals surface area contributed by atoms with Gasteiger partial charge in [-0.15, -0.1) is 0 Å². The molecule has 0 amide bonds.